The molecular weight excluding hydrogens is 255 g/mol. The van der Waals surface area contributed by atoms with Gasteiger partial charge < -0.3 is 10.1 Å². The van der Waals surface area contributed by atoms with Crippen LogP contribution in [0.5, 0.6) is 0 Å². The minimum Gasteiger partial charge on any atom is -0.378 e. The second kappa shape index (κ2) is 5.51. The van der Waals surface area contributed by atoms with E-state index in [-0.39, 0.29) is 18.1 Å². The Hall–Kier alpha value is -1.07. The molecule has 0 spiro atoms. The van der Waals surface area contributed by atoms with Gasteiger partial charge in [-0.25, -0.2) is 0 Å². The van der Waals surface area contributed by atoms with Crippen LogP contribution < -0.4 is 5.32 Å². The van der Waals surface area contributed by atoms with E-state index in [1.807, 2.05) is 6.92 Å². The summed E-state index contributed by atoms with van der Waals surface area (Å²) in [5, 5.41) is 3.01. The number of hydrogen-bond acceptors (Lipinski definition) is 2. The topological polar surface area (TPSA) is 21.3 Å². The molecule has 1 fully saturated rings. The fourth-order valence-corrected chi connectivity index (χ4v) is 2.75. The van der Waals surface area contributed by atoms with Crippen molar-refractivity contribution in [3.63, 3.8) is 0 Å². The van der Waals surface area contributed by atoms with Gasteiger partial charge in [0.05, 0.1) is 18.3 Å². The third-order valence-corrected chi connectivity index (χ3v) is 3.61. The Labute approximate surface area is 111 Å². The first-order chi connectivity index (χ1) is 8.93. The van der Waals surface area contributed by atoms with Crippen molar-refractivity contribution in [2.45, 2.75) is 31.7 Å². The molecule has 0 aromatic heterocycles. The van der Waals surface area contributed by atoms with Gasteiger partial charge in [0.1, 0.15) is 0 Å². The molecule has 1 aromatic carbocycles. The fourth-order valence-electron chi connectivity index (χ4n) is 2.75. The number of halogens is 3. The lowest BCUT2D eigenvalue weighted by Gasteiger charge is -2.25. The zero-order valence-corrected chi connectivity index (χ0v) is 11.0. The van der Waals surface area contributed by atoms with Gasteiger partial charge in [-0.1, -0.05) is 18.2 Å². The lowest BCUT2D eigenvalue weighted by Crippen LogP contribution is -2.28. The van der Waals surface area contributed by atoms with Crippen molar-refractivity contribution in [3.8, 4) is 0 Å². The van der Waals surface area contributed by atoms with Crippen LogP contribution in [-0.4, -0.2) is 19.8 Å². The lowest BCUT2D eigenvalue weighted by molar-refractivity contribution is -0.138. The molecule has 0 aliphatic carbocycles. The molecule has 0 amide bonds. The molecule has 1 heterocycles. The van der Waals surface area contributed by atoms with E-state index >= 15 is 0 Å². The number of nitrogens with one attached hydrogen (secondary N) is 1. The number of alkyl halides is 3. The molecular formula is C14H18F3NO. The third kappa shape index (κ3) is 3.09. The predicted octanol–water partition coefficient (Wildman–Crippen LogP) is 3.39. The third-order valence-electron chi connectivity index (χ3n) is 3.61. The van der Waals surface area contributed by atoms with Gasteiger partial charge in [0.15, 0.2) is 0 Å². The molecule has 0 radical (unpaired) electrons. The summed E-state index contributed by atoms with van der Waals surface area (Å²) >= 11 is 0. The zero-order chi connectivity index (χ0) is 14.0. The molecule has 2 nitrogen and oxygen atoms in total. The van der Waals surface area contributed by atoms with Gasteiger partial charge in [-0.2, -0.15) is 13.2 Å². The van der Waals surface area contributed by atoms with E-state index in [0.29, 0.717) is 12.2 Å². The monoisotopic (exact) mass is 273 g/mol. The largest absolute Gasteiger partial charge is 0.416 e. The van der Waals surface area contributed by atoms with Gasteiger partial charge in [-0.15, -0.1) is 0 Å². The maximum Gasteiger partial charge on any atom is 0.416 e. The average Bonchev–Trinajstić information content (AvgIpc) is 2.76. The van der Waals surface area contributed by atoms with Gasteiger partial charge in [-0.05, 0) is 32.0 Å². The van der Waals surface area contributed by atoms with Gasteiger partial charge in [0, 0.05) is 12.0 Å². The van der Waals surface area contributed by atoms with Crippen LogP contribution in [-0.2, 0) is 10.9 Å². The van der Waals surface area contributed by atoms with Crippen LogP contribution in [0.4, 0.5) is 13.2 Å². The predicted molar refractivity (Wildman–Crippen MR) is 66.8 cm³/mol. The van der Waals surface area contributed by atoms with E-state index in [9.17, 15) is 13.2 Å². The zero-order valence-electron chi connectivity index (χ0n) is 11.0. The molecule has 2 rings (SSSR count). The Kier molecular flexibility index (Phi) is 4.16. The van der Waals surface area contributed by atoms with Crippen molar-refractivity contribution in [2.75, 3.05) is 13.7 Å². The highest BCUT2D eigenvalue weighted by molar-refractivity contribution is 5.33. The van der Waals surface area contributed by atoms with Crippen LogP contribution in [0.2, 0.25) is 0 Å². The SMILES string of the molecule is CNC(c1ccccc1C(F)(F)F)C1COC(C)C1. The van der Waals surface area contributed by atoms with Crippen molar-refractivity contribution < 1.29 is 17.9 Å². The van der Waals surface area contributed by atoms with Crippen molar-refractivity contribution in [1.82, 2.24) is 5.32 Å². The van der Waals surface area contributed by atoms with Gasteiger partial charge in [0.25, 0.3) is 0 Å². The van der Waals surface area contributed by atoms with Gasteiger partial charge >= 0.3 is 6.18 Å². The van der Waals surface area contributed by atoms with E-state index in [1.54, 1.807) is 19.2 Å². The highest BCUT2D eigenvalue weighted by atomic mass is 19.4. The Balaban J connectivity index is 2.33. The molecule has 1 aromatic rings. The summed E-state index contributed by atoms with van der Waals surface area (Å²) in [6.07, 6.45) is -3.44. The van der Waals surface area contributed by atoms with Crippen LogP contribution in [0, 0.1) is 5.92 Å². The van der Waals surface area contributed by atoms with E-state index in [0.717, 1.165) is 12.5 Å². The van der Waals surface area contributed by atoms with E-state index in [4.69, 9.17) is 4.74 Å². The van der Waals surface area contributed by atoms with Crippen molar-refractivity contribution >= 4 is 0 Å². The molecule has 19 heavy (non-hydrogen) atoms. The van der Waals surface area contributed by atoms with E-state index < -0.39 is 11.7 Å². The second-order valence-corrected chi connectivity index (χ2v) is 4.99. The number of hydrogen-bond donors (Lipinski definition) is 1. The van der Waals surface area contributed by atoms with Crippen molar-refractivity contribution in [2.24, 2.45) is 5.92 Å². The summed E-state index contributed by atoms with van der Waals surface area (Å²) in [5.74, 6) is 0.0727. The molecule has 1 saturated heterocycles. The van der Waals surface area contributed by atoms with Crippen molar-refractivity contribution in [3.05, 3.63) is 35.4 Å². The van der Waals surface area contributed by atoms with Gasteiger partial charge in [0.2, 0.25) is 0 Å². The average molecular weight is 273 g/mol. The first-order valence-electron chi connectivity index (χ1n) is 6.38. The number of ether oxygens (including phenoxy) is 1. The summed E-state index contributed by atoms with van der Waals surface area (Å²) in [4.78, 5) is 0. The Morgan fingerprint density at radius 1 is 1.32 bits per heavy atom. The fraction of sp³-hybridized carbons (Fsp3) is 0.571. The minimum atomic E-state index is -4.32. The van der Waals surface area contributed by atoms with E-state index in [1.165, 1.54) is 6.07 Å². The van der Waals surface area contributed by atoms with Crippen LogP contribution >= 0.6 is 0 Å². The molecule has 0 bridgehead atoms. The summed E-state index contributed by atoms with van der Waals surface area (Å²) in [5.41, 5.74) is -0.255. The second-order valence-electron chi connectivity index (χ2n) is 4.99. The smallest absolute Gasteiger partial charge is 0.378 e. The van der Waals surface area contributed by atoms with Crippen LogP contribution in [0.3, 0.4) is 0 Å². The summed E-state index contributed by atoms with van der Waals surface area (Å²) in [6, 6.07) is 5.43. The maximum atomic E-state index is 13.0. The summed E-state index contributed by atoms with van der Waals surface area (Å²) < 4.78 is 44.6. The Morgan fingerprint density at radius 3 is 2.53 bits per heavy atom. The first kappa shape index (κ1) is 14.3. The minimum absolute atomic E-state index is 0.0727. The highest BCUT2D eigenvalue weighted by Gasteiger charge is 2.38. The van der Waals surface area contributed by atoms with Crippen LogP contribution in [0.1, 0.15) is 30.5 Å². The summed E-state index contributed by atoms with van der Waals surface area (Å²) in [6.45, 7) is 2.45. The van der Waals surface area contributed by atoms with Gasteiger partial charge in [-0.3, -0.25) is 0 Å². The van der Waals surface area contributed by atoms with Crippen LogP contribution in [0.15, 0.2) is 24.3 Å². The molecule has 106 valence electrons. The summed E-state index contributed by atoms with van der Waals surface area (Å²) in [7, 11) is 1.70. The quantitative estimate of drug-likeness (QED) is 0.911. The molecule has 1 aliphatic rings. The lowest BCUT2D eigenvalue weighted by atomic mass is 9.88. The molecule has 3 unspecified atom stereocenters. The normalized spacial score (nSPS) is 25.5. The molecule has 0 saturated carbocycles. The van der Waals surface area contributed by atoms with E-state index in [2.05, 4.69) is 5.32 Å². The van der Waals surface area contributed by atoms with Crippen molar-refractivity contribution in [1.29, 1.82) is 0 Å². The molecule has 5 heteroatoms. The highest BCUT2D eigenvalue weighted by Crippen LogP contribution is 2.39. The Bertz CT molecular complexity index is 433. The van der Waals surface area contributed by atoms with Crippen LogP contribution in [0.25, 0.3) is 0 Å². The number of benzene rings is 1. The molecule has 1 aliphatic heterocycles. The standard InChI is InChI=1S/C14H18F3NO/c1-9-7-10(8-19-9)13(18-2)11-5-3-4-6-12(11)14(15,16)17/h3-6,9-10,13,18H,7-8H2,1-2H3. The maximum absolute atomic E-state index is 13.0. The first-order valence-corrected chi connectivity index (χ1v) is 6.38. The molecule has 3 atom stereocenters. The number of rotatable bonds is 3. The Morgan fingerprint density at radius 2 is 2.00 bits per heavy atom. The molecule has 1 N–H and O–H groups in total.